The van der Waals surface area contributed by atoms with Crippen molar-refractivity contribution in [3.8, 4) is 17.2 Å². The third-order valence-corrected chi connectivity index (χ3v) is 10.1. The molecule has 0 aliphatic carbocycles. The van der Waals surface area contributed by atoms with E-state index >= 15 is 0 Å². The lowest BCUT2D eigenvalue weighted by molar-refractivity contribution is -0.132. The Bertz CT molecular complexity index is 2000. The summed E-state index contributed by atoms with van der Waals surface area (Å²) in [6, 6.07) is 25.4. The predicted molar refractivity (Wildman–Crippen MR) is 182 cm³/mol. The van der Waals surface area contributed by atoms with Gasteiger partial charge in [-0.1, -0.05) is 83.2 Å². The Morgan fingerprint density at radius 2 is 1.70 bits per heavy atom. The van der Waals surface area contributed by atoms with Crippen molar-refractivity contribution < 1.29 is 29.3 Å². The van der Waals surface area contributed by atoms with Crippen LogP contribution in [0.1, 0.15) is 33.9 Å². The van der Waals surface area contributed by atoms with Crippen molar-refractivity contribution >= 4 is 57.3 Å². The average Bonchev–Trinajstić information content (AvgIpc) is 3.65. The van der Waals surface area contributed by atoms with Crippen molar-refractivity contribution in [3.63, 3.8) is 0 Å². The molecule has 1 fully saturated rings. The lowest BCUT2D eigenvalue weighted by atomic mass is 9.95. The molecule has 47 heavy (non-hydrogen) atoms. The number of ether oxygens (including phenoxy) is 2. The molecule has 1 aliphatic heterocycles. The Balaban J connectivity index is 1.33. The number of hydrogen-bond acceptors (Lipinski definition) is 10. The van der Waals surface area contributed by atoms with Gasteiger partial charge in [0.05, 0.1) is 18.7 Å². The number of phenols is 1. The Kier molecular flexibility index (Phi) is 9.48. The van der Waals surface area contributed by atoms with Gasteiger partial charge in [0, 0.05) is 16.3 Å². The normalized spacial score (nSPS) is 15.6. The van der Waals surface area contributed by atoms with E-state index in [1.165, 1.54) is 35.9 Å². The highest BCUT2D eigenvalue weighted by molar-refractivity contribution is 8.00. The second kappa shape index (κ2) is 13.9. The number of halogens is 1. The number of carbonyl (C=O) groups is 2. The van der Waals surface area contributed by atoms with Crippen molar-refractivity contribution in [2.75, 3.05) is 12.0 Å². The molecule has 2 N–H and O–H groups in total. The Hall–Kier alpha value is -4.84. The number of thioether (sulfide) groups is 1. The van der Waals surface area contributed by atoms with Crippen LogP contribution < -0.4 is 14.4 Å². The Labute approximate surface area is 284 Å². The van der Waals surface area contributed by atoms with Crippen molar-refractivity contribution in [1.82, 2.24) is 10.2 Å². The van der Waals surface area contributed by atoms with Crippen molar-refractivity contribution in [2.45, 2.75) is 29.7 Å². The molecule has 4 aromatic carbocycles. The monoisotopic (exact) mass is 685 g/mol. The van der Waals surface area contributed by atoms with Gasteiger partial charge in [0.15, 0.2) is 15.8 Å². The number of aliphatic hydroxyl groups is 1. The lowest BCUT2D eigenvalue weighted by Crippen LogP contribution is -2.29. The zero-order valence-corrected chi connectivity index (χ0v) is 27.6. The van der Waals surface area contributed by atoms with Crippen LogP contribution in [0.25, 0.3) is 5.76 Å². The number of hydrogen-bond donors (Lipinski definition) is 2. The molecular weight excluding hydrogens is 658 g/mol. The number of aliphatic hydroxyl groups excluding tert-OH is 1. The van der Waals surface area contributed by atoms with Gasteiger partial charge in [-0.2, -0.15) is 0 Å². The van der Waals surface area contributed by atoms with Gasteiger partial charge < -0.3 is 19.7 Å². The molecule has 1 amide bonds. The van der Waals surface area contributed by atoms with Gasteiger partial charge in [0.25, 0.3) is 5.78 Å². The number of benzene rings is 4. The molecular formula is C35H28ClN3O6S2. The number of amides is 1. The summed E-state index contributed by atoms with van der Waals surface area (Å²) in [7, 11) is 1.39. The summed E-state index contributed by atoms with van der Waals surface area (Å²) in [5.74, 6) is -1.02. The molecule has 2 heterocycles. The van der Waals surface area contributed by atoms with E-state index in [0.29, 0.717) is 38.6 Å². The van der Waals surface area contributed by atoms with Gasteiger partial charge in [-0.25, -0.2) is 0 Å². The smallest absolute Gasteiger partial charge is 0.301 e. The molecule has 1 aliphatic rings. The number of Topliss-reactive ketones (excluding diaryl/α,β-unsaturated/α-hetero) is 1. The summed E-state index contributed by atoms with van der Waals surface area (Å²) in [5, 5.41) is 31.1. The molecule has 12 heteroatoms. The second-order valence-electron chi connectivity index (χ2n) is 10.6. The zero-order valence-electron chi connectivity index (χ0n) is 25.2. The van der Waals surface area contributed by atoms with Crippen LogP contribution in [0.15, 0.2) is 101 Å². The summed E-state index contributed by atoms with van der Waals surface area (Å²) in [4.78, 5) is 28.5. The van der Waals surface area contributed by atoms with Crippen LogP contribution in [0.5, 0.6) is 17.2 Å². The van der Waals surface area contributed by atoms with Crippen molar-refractivity contribution in [2.24, 2.45) is 0 Å². The number of phenolic OH excluding ortho intramolecular Hbond substituents is 1. The molecule has 1 unspecified atom stereocenters. The van der Waals surface area contributed by atoms with Crippen LogP contribution in [0.4, 0.5) is 5.13 Å². The summed E-state index contributed by atoms with van der Waals surface area (Å²) >= 11 is 8.84. The minimum atomic E-state index is -1.09. The first-order chi connectivity index (χ1) is 22.7. The van der Waals surface area contributed by atoms with E-state index in [4.69, 9.17) is 21.1 Å². The van der Waals surface area contributed by atoms with Crippen molar-refractivity contribution in [3.05, 3.63) is 129 Å². The van der Waals surface area contributed by atoms with Crippen LogP contribution in [0, 0.1) is 6.92 Å². The number of nitrogens with zero attached hydrogens (tertiary/aromatic N) is 3. The summed E-state index contributed by atoms with van der Waals surface area (Å²) < 4.78 is 11.8. The number of aryl methyl sites for hydroxylation is 1. The van der Waals surface area contributed by atoms with Crippen LogP contribution in [0.2, 0.25) is 5.02 Å². The number of ketones is 1. The number of aromatic hydroxyl groups is 1. The third kappa shape index (κ3) is 6.69. The highest BCUT2D eigenvalue weighted by Gasteiger charge is 2.48. The molecule has 6 rings (SSSR count). The van der Waals surface area contributed by atoms with E-state index < -0.39 is 17.7 Å². The maximum atomic E-state index is 13.6. The largest absolute Gasteiger partial charge is 0.507 e. The quantitative estimate of drug-likeness (QED) is 0.0500. The zero-order chi connectivity index (χ0) is 33.1. The first-order valence-corrected chi connectivity index (χ1v) is 16.6. The summed E-state index contributed by atoms with van der Waals surface area (Å²) in [6.45, 7) is 2.38. The van der Waals surface area contributed by atoms with E-state index in [1.54, 1.807) is 36.4 Å². The minimum absolute atomic E-state index is 0.122. The first-order valence-electron chi connectivity index (χ1n) is 14.4. The number of carbonyl (C=O) groups excluding carboxylic acids is 2. The number of anilines is 1. The molecule has 5 aromatic rings. The predicted octanol–water partition coefficient (Wildman–Crippen LogP) is 7.71. The van der Waals surface area contributed by atoms with Gasteiger partial charge in [0.2, 0.25) is 5.13 Å². The average molecular weight is 686 g/mol. The molecule has 0 radical (unpaired) electrons. The van der Waals surface area contributed by atoms with Gasteiger partial charge >= 0.3 is 5.91 Å². The van der Waals surface area contributed by atoms with E-state index in [2.05, 4.69) is 10.2 Å². The molecule has 1 aromatic heterocycles. The van der Waals surface area contributed by atoms with Gasteiger partial charge in [-0.3, -0.25) is 14.5 Å². The minimum Gasteiger partial charge on any atom is -0.507 e. The van der Waals surface area contributed by atoms with E-state index in [-0.39, 0.29) is 28.0 Å². The third-order valence-electron chi connectivity index (χ3n) is 7.66. The molecule has 0 bridgehead atoms. The first kappa shape index (κ1) is 32.1. The van der Waals surface area contributed by atoms with Crippen molar-refractivity contribution in [1.29, 1.82) is 0 Å². The standard InChI is InChI=1S/C35H28ClN3O6S2/c1-20-7-3-4-8-23(20)18-45-25-14-11-21(12-15-25)31(41)29-30(22-13-16-27(40)28(17-22)44-2)39(33(43)32(29)42)34-37-38-35(47-34)46-19-24-9-5-6-10-26(24)36/h3-17,30,40-41H,18-19H2,1-2H3/b31-29+. The van der Waals surface area contributed by atoms with E-state index in [9.17, 15) is 19.8 Å². The fourth-order valence-corrected chi connectivity index (χ4v) is 7.27. The lowest BCUT2D eigenvalue weighted by Gasteiger charge is -2.23. The van der Waals surface area contributed by atoms with Crippen LogP contribution in [0.3, 0.4) is 0 Å². The Morgan fingerprint density at radius 1 is 0.979 bits per heavy atom. The highest BCUT2D eigenvalue weighted by Crippen LogP contribution is 2.45. The topological polar surface area (TPSA) is 122 Å². The van der Waals surface area contributed by atoms with E-state index in [0.717, 1.165) is 28.0 Å². The molecule has 9 nitrogen and oxygen atoms in total. The van der Waals surface area contributed by atoms with Gasteiger partial charge in [0.1, 0.15) is 18.1 Å². The van der Waals surface area contributed by atoms with E-state index in [1.807, 2.05) is 49.4 Å². The van der Waals surface area contributed by atoms with Crippen LogP contribution in [-0.2, 0) is 21.9 Å². The van der Waals surface area contributed by atoms with Crippen LogP contribution in [-0.4, -0.2) is 39.2 Å². The fraction of sp³-hybridized carbons (Fsp3) is 0.143. The summed E-state index contributed by atoms with van der Waals surface area (Å²) in [5.41, 5.74) is 3.66. The highest BCUT2D eigenvalue weighted by atomic mass is 35.5. The molecule has 0 saturated carbocycles. The number of methoxy groups -OCH3 is 1. The van der Waals surface area contributed by atoms with Gasteiger partial charge in [-0.05, 0) is 71.6 Å². The fourth-order valence-electron chi connectivity index (χ4n) is 5.12. The SMILES string of the molecule is COc1cc(C2/C(=C(\O)c3ccc(OCc4ccccc4C)cc3)C(=O)C(=O)N2c2nnc(SCc3ccccc3Cl)s2)ccc1O. The second-order valence-corrected chi connectivity index (χ2v) is 13.2. The molecule has 1 saturated heterocycles. The molecule has 1 atom stereocenters. The summed E-state index contributed by atoms with van der Waals surface area (Å²) in [6.07, 6.45) is 0. The maximum Gasteiger partial charge on any atom is 0.301 e. The van der Waals surface area contributed by atoms with Crippen LogP contribution >= 0.6 is 34.7 Å². The number of rotatable bonds is 10. The number of aromatic nitrogens is 2. The van der Waals surface area contributed by atoms with Gasteiger partial charge in [-0.15, -0.1) is 10.2 Å². The maximum absolute atomic E-state index is 13.6. The molecule has 0 spiro atoms. The molecule has 238 valence electrons. The Morgan fingerprint density at radius 3 is 2.43 bits per heavy atom.